The van der Waals surface area contributed by atoms with Crippen molar-refractivity contribution in [2.45, 2.75) is 13.8 Å². The Labute approximate surface area is 127 Å². The second-order valence-electron chi connectivity index (χ2n) is 4.90. The van der Waals surface area contributed by atoms with E-state index in [0.717, 1.165) is 11.3 Å². The number of nitrogens with one attached hydrogen (secondary N) is 1. The largest absolute Gasteiger partial charge is 0.305 e. The number of anilines is 1. The predicted octanol–water partition coefficient (Wildman–Crippen LogP) is 2.53. The molecular weight excluding hydrogens is 278 g/mol. The van der Waals surface area contributed by atoms with Crippen LogP contribution in [0.4, 0.5) is 5.82 Å². The van der Waals surface area contributed by atoms with Crippen LogP contribution in [0.1, 0.15) is 21.7 Å². The first-order valence-electron chi connectivity index (χ1n) is 6.84. The second-order valence-corrected chi connectivity index (χ2v) is 4.90. The van der Waals surface area contributed by atoms with E-state index in [9.17, 15) is 4.79 Å². The molecular formula is C16H15N5O. The summed E-state index contributed by atoms with van der Waals surface area (Å²) in [6.45, 7) is 3.88. The number of aryl methyl sites for hydroxylation is 2. The number of carbonyl (C=O) groups is 1. The number of amides is 1. The predicted molar refractivity (Wildman–Crippen MR) is 83.0 cm³/mol. The molecule has 0 aliphatic rings. The Bertz CT molecular complexity index is 811. The van der Waals surface area contributed by atoms with Gasteiger partial charge in [0.2, 0.25) is 0 Å². The molecule has 22 heavy (non-hydrogen) atoms. The summed E-state index contributed by atoms with van der Waals surface area (Å²) in [6.07, 6.45) is 5.07. The van der Waals surface area contributed by atoms with Crippen LogP contribution in [-0.4, -0.2) is 25.4 Å². The van der Waals surface area contributed by atoms with Crippen molar-refractivity contribution in [1.82, 2.24) is 19.5 Å². The van der Waals surface area contributed by atoms with Crippen LogP contribution in [0.25, 0.3) is 5.82 Å². The number of aromatic nitrogens is 4. The molecule has 0 atom stereocenters. The van der Waals surface area contributed by atoms with Gasteiger partial charge in [0, 0.05) is 18.1 Å². The highest BCUT2D eigenvalue weighted by atomic mass is 16.1. The molecule has 0 aliphatic heterocycles. The zero-order valence-electron chi connectivity index (χ0n) is 12.3. The maximum Gasteiger partial charge on any atom is 0.275 e. The topological polar surface area (TPSA) is 72.7 Å². The van der Waals surface area contributed by atoms with Gasteiger partial charge in [-0.15, -0.1) is 0 Å². The van der Waals surface area contributed by atoms with Crippen LogP contribution in [-0.2, 0) is 0 Å². The third kappa shape index (κ3) is 2.85. The molecule has 3 rings (SSSR count). The lowest BCUT2D eigenvalue weighted by Crippen LogP contribution is -2.15. The van der Waals surface area contributed by atoms with Crippen LogP contribution >= 0.6 is 0 Å². The number of nitrogens with zero attached hydrogens (tertiary/aromatic N) is 4. The van der Waals surface area contributed by atoms with E-state index in [4.69, 9.17) is 0 Å². The molecule has 110 valence electrons. The van der Waals surface area contributed by atoms with E-state index in [0.29, 0.717) is 17.3 Å². The van der Waals surface area contributed by atoms with Gasteiger partial charge in [-0.3, -0.25) is 9.36 Å². The van der Waals surface area contributed by atoms with Gasteiger partial charge in [0.25, 0.3) is 5.91 Å². The quantitative estimate of drug-likeness (QED) is 0.805. The molecule has 0 spiro atoms. The van der Waals surface area contributed by atoms with Gasteiger partial charge >= 0.3 is 0 Å². The fraction of sp³-hybridized carbons (Fsp3) is 0.125. The fourth-order valence-corrected chi connectivity index (χ4v) is 1.97. The monoisotopic (exact) mass is 293 g/mol. The molecule has 3 aromatic heterocycles. The minimum Gasteiger partial charge on any atom is -0.305 e. The first kappa shape index (κ1) is 13.9. The molecule has 0 aromatic carbocycles. The van der Waals surface area contributed by atoms with Gasteiger partial charge in [0.1, 0.15) is 23.7 Å². The number of rotatable bonds is 3. The standard InChI is InChI=1S/C16H15N5O/c1-11-6-7-14(18-12(11)2)20-16(22)13-4-3-5-15(19-13)21-9-8-17-10-21/h3-10H,1-2H3,(H,18,20,22). The minimum atomic E-state index is -0.294. The van der Waals surface area contributed by atoms with E-state index >= 15 is 0 Å². The number of hydrogen-bond donors (Lipinski definition) is 1. The van der Waals surface area contributed by atoms with E-state index in [1.165, 1.54) is 0 Å². The van der Waals surface area contributed by atoms with Crippen molar-refractivity contribution in [3.8, 4) is 5.82 Å². The van der Waals surface area contributed by atoms with E-state index in [1.807, 2.05) is 26.0 Å². The summed E-state index contributed by atoms with van der Waals surface area (Å²) < 4.78 is 1.74. The fourth-order valence-electron chi connectivity index (χ4n) is 1.97. The van der Waals surface area contributed by atoms with Crippen molar-refractivity contribution >= 4 is 11.7 Å². The van der Waals surface area contributed by atoms with Gasteiger partial charge in [-0.2, -0.15) is 0 Å². The van der Waals surface area contributed by atoms with Gasteiger partial charge in [0.05, 0.1) is 0 Å². The van der Waals surface area contributed by atoms with Crippen molar-refractivity contribution < 1.29 is 4.79 Å². The van der Waals surface area contributed by atoms with E-state index in [2.05, 4.69) is 20.3 Å². The Hall–Kier alpha value is -3.02. The van der Waals surface area contributed by atoms with Gasteiger partial charge in [-0.25, -0.2) is 15.0 Å². The van der Waals surface area contributed by atoms with Crippen LogP contribution in [0.2, 0.25) is 0 Å². The molecule has 1 N–H and O–H groups in total. The number of carbonyl (C=O) groups excluding carboxylic acids is 1. The summed E-state index contributed by atoms with van der Waals surface area (Å²) in [5.74, 6) is 0.860. The first-order chi connectivity index (χ1) is 10.6. The molecule has 3 aromatic rings. The summed E-state index contributed by atoms with van der Waals surface area (Å²) >= 11 is 0. The lowest BCUT2D eigenvalue weighted by Gasteiger charge is -2.07. The molecule has 0 aliphatic carbocycles. The molecule has 1 amide bonds. The van der Waals surface area contributed by atoms with E-state index in [-0.39, 0.29) is 5.91 Å². The van der Waals surface area contributed by atoms with Gasteiger partial charge in [0.15, 0.2) is 0 Å². The highest BCUT2D eigenvalue weighted by molar-refractivity contribution is 6.02. The van der Waals surface area contributed by atoms with Crippen molar-refractivity contribution in [2.24, 2.45) is 0 Å². The molecule has 0 saturated carbocycles. The van der Waals surface area contributed by atoms with Crippen molar-refractivity contribution in [3.05, 3.63) is 66.0 Å². The van der Waals surface area contributed by atoms with Crippen molar-refractivity contribution in [3.63, 3.8) is 0 Å². The van der Waals surface area contributed by atoms with Crippen LogP contribution in [0.5, 0.6) is 0 Å². The SMILES string of the molecule is Cc1ccc(NC(=O)c2cccc(-n3ccnc3)n2)nc1C. The smallest absolute Gasteiger partial charge is 0.275 e. The number of hydrogen-bond acceptors (Lipinski definition) is 4. The highest BCUT2D eigenvalue weighted by Crippen LogP contribution is 2.11. The van der Waals surface area contributed by atoms with Gasteiger partial charge < -0.3 is 5.32 Å². The minimum absolute atomic E-state index is 0.294. The van der Waals surface area contributed by atoms with Crippen LogP contribution in [0.15, 0.2) is 49.1 Å². The molecule has 0 saturated heterocycles. The van der Waals surface area contributed by atoms with Gasteiger partial charge in [-0.05, 0) is 37.6 Å². The maximum absolute atomic E-state index is 12.3. The number of pyridine rings is 2. The Kier molecular flexibility index (Phi) is 3.65. The molecule has 3 heterocycles. The third-order valence-corrected chi connectivity index (χ3v) is 3.33. The van der Waals surface area contributed by atoms with Gasteiger partial charge in [-0.1, -0.05) is 12.1 Å². The normalized spacial score (nSPS) is 10.5. The second kappa shape index (κ2) is 5.77. The molecule has 0 radical (unpaired) electrons. The number of imidazole rings is 1. The molecule has 0 fully saturated rings. The zero-order valence-corrected chi connectivity index (χ0v) is 12.3. The average Bonchev–Trinajstić information content (AvgIpc) is 3.05. The van der Waals surface area contributed by atoms with Crippen LogP contribution in [0, 0.1) is 13.8 Å². The Morgan fingerprint density at radius 1 is 1.14 bits per heavy atom. The summed E-state index contributed by atoms with van der Waals surface area (Å²) in [7, 11) is 0. The summed E-state index contributed by atoms with van der Waals surface area (Å²) in [6, 6.07) is 8.96. The lowest BCUT2D eigenvalue weighted by atomic mass is 10.2. The maximum atomic E-state index is 12.3. The molecule has 6 nitrogen and oxygen atoms in total. The van der Waals surface area contributed by atoms with Crippen LogP contribution < -0.4 is 5.32 Å². The Morgan fingerprint density at radius 3 is 2.73 bits per heavy atom. The average molecular weight is 293 g/mol. The summed E-state index contributed by atoms with van der Waals surface area (Å²) in [4.78, 5) is 24.9. The van der Waals surface area contributed by atoms with Crippen molar-refractivity contribution in [1.29, 1.82) is 0 Å². The van der Waals surface area contributed by atoms with Crippen LogP contribution in [0.3, 0.4) is 0 Å². The molecule has 0 unspecified atom stereocenters. The lowest BCUT2D eigenvalue weighted by molar-refractivity contribution is 0.102. The van der Waals surface area contributed by atoms with Crippen molar-refractivity contribution in [2.75, 3.05) is 5.32 Å². The molecule has 0 bridgehead atoms. The third-order valence-electron chi connectivity index (χ3n) is 3.33. The first-order valence-corrected chi connectivity index (χ1v) is 6.84. The molecule has 6 heteroatoms. The summed E-state index contributed by atoms with van der Waals surface area (Å²) in [5.41, 5.74) is 2.29. The van der Waals surface area contributed by atoms with E-state index in [1.54, 1.807) is 41.5 Å². The highest BCUT2D eigenvalue weighted by Gasteiger charge is 2.10. The Balaban J connectivity index is 1.83. The van der Waals surface area contributed by atoms with E-state index < -0.39 is 0 Å². The summed E-state index contributed by atoms with van der Waals surface area (Å²) in [5, 5.41) is 2.76. The Morgan fingerprint density at radius 2 is 2.00 bits per heavy atom. The zero-order chi connectivity index (χ0) is 15.5.